The second-order valence-corrected chi connectivity index (χ2v) is 4.22. The van der Waals surface area contributed by atoms with Crippen LogP contribution in [0.3, 0.4) is 0 Å². The predicted octanol–water partition coefficient (Wildman–Crippen LogP) is -0.336. The zero-order chi connectivity index (χ0) is 10.4. The van der Waals surface area contributed by atoms with Crippen LogP contribution in [0.25, 0.3) is 0 Å². The van der Waals surface area contributed by atoms with Crippen molar-refractivity contribution in [3.63, 3.8) is 0 Å². The smallest absolute Gasteiger partial charge is 0.0595 e. The van der Waals surface area contributed by atoms with Crippen LogP contribution in [0.15, 0.2) is 0 Å². The van der Waals surface area contributed by atoms with Crippen LogP contribution < -0.4 is 5.73 Å². The van der Waals surface area contributed by atoms with E-state index >= 15 is 0 Å². The molecule has 0 amide bonds. The first-order chi connectivity index (χ1) is 6.72. The van der Waals surface area contributed by atoms with Crippen molar-refractivity contribution in [2.75, 3.05) is 40.0 Å². The summed E-state index contributed by atoms with van der Waals surface area (Å²) in [6.45, 7) is 3.69. The lowest BCUT2D eigenvalue weighted by Gasteiger charge is -2.28. The van der Waals surface area contributed by atoms with Gasteiger partial charge in [0.15, 0.2) is 0 Å². The fraction of sp³-hybridized carbons (Fsp3) is 1.00. The van der Waals surface area contributed by atoms with E-state index in [0.29, 0.717) is 0 Å². The molecule has 1 rings (SSSR count). The maximum Gasteiger partial charge on any atom is 0.0595 e. The lowest BCUT2D eigenvalue weighted by atomic mass is 10.00. The monoisotopic (exact) mass is 202 g/mol. The molecule has 0 spiro atoms. The minimum absolute atomic E-state index is 0.0676. The molecule has 0 saturated carbocycles. The largest absolute Gasteiger partial charge is 0.395 e. The number of aliphatic hydroxyl groups is 1. The maximum atomic E-state index is 8.82. The summed E-state index contributed by atoms with van der Waals surface area (Å²) in [7, 11) is 2.06. The van der Waals surface area contributed by atoms with Gasteiger partial charge < -0.3 is 20.5 Å². The molecular weight excluding hydrogens is 180 g/mol. The Hall–Kier alpha value is -0.160. The second kappa shape index (κ2) is 6.35. The molecule has 14 heavy (non-hydrogen) atoms. The molecular formula is C10H22N2O2. The van der Waals surface area contributed by atoms with Crippen LogP contribution in [0.1, 0.15) is 12.8 Å². The molecule has 3 N–H and O–H groups in total. The SMILES string of the molecule is CN(CC(N)CO)CC1CCOCC1. The Morgan fingerprint density at radius 1 is 1.50 bits per heavy atom. The van der Waals surface area contributed by atoms with Crippen LogP contribution in [0.5, 0.6) is 0 Å². The first kappa shape index (κ1) is 11.9. The van der Waals surface area contributed by atoms with Gasteiger partial charge in [-0.1, -0.05) is 0 Å². The van der Waals surface area contributed by atoms with E-state index in [1.165, 1.54) is 0 Å². The zero-order valence-electron chi connectivity index (χ0n) is 8.98. The van der Waals surface area contributed by atoms with Crippen molar-refractivity contribution in [2.24, 2.45) is 11.7 Å². The van der Waals surface area contributed by atoms with E-state index in [1.54, 1.807) is 0 Å². The number of likely N-dealkylation sites (N-methyl/N-ethyl adjacent to an activating group) is 1. The molecule has 0 aromatic rings. The first-order valence-corrected chi connectivity index (χ1v) is 5.35. The quantitative estimate of drug-likeness (QED) is 0.640. The van der Waals surface area contributed by atoms with E-state index in [-0.39, 0.29) is 12.6 Å². The summed E-state index contributed by atoms with van der Waals surface area (Å²) in [5, 5.41) is 8.82. The average molecular weight is 202 g/mol. The molecule has 0 aliphatic carbocycles. The number of ether oxygens (including phenoxy) is 1. The van der Waals surface area contributed by atoms with Crippen LogP contribution in [0, 0.1) is 5.92 Å². The van der Waals surface area contributed by atoms with Gasteiger partial charge in [0.05, 0.1) is 6.61 Å². The fourth-order valence-corrected chi connectivity index (χ4v) is 1.90. The molecule has 0 aromatic carbocycles. The van der Waals surface area contributed by atoms with Crippen LogP contribution in [-0.2, 0) is 4.74 Å². The maximum absolute atomic E-state index is 8.82. The van der Waals surface area contributed by atoms with Gasteiger partial charge in [-0.3, -0.25) is 0 Å². The summed E-state index contributed by atoms with van der Waals surface area (Å²) in [5.41, 5.74) is 5.66. The standard InChI is InChI=1S/C10H22N2O2/c1-12(7-10(11)8-13)6-9-2-4-14-5-3-9/h9-10,13H,2-8,11H2,1H3. The van der Waals surface area contributed by atoms with E-state index in [2.05, 4.69) is 11.9 Å². The Labute approximate surface area is 86.0 Å². The highest BCUT2D eigenvalue weighted by atomic mass is 16.5. The van der Waals surface area contributed by atoms with E-state index in [1.807, 2.05) is 0 Å². The van der Waals surface area contributed by atoms with Crippen LogP contribution in [-0.4, -0.2) is 56.0 Å². The summed E-state index contributed by atoms with van der Waals surface area (Å²) in [4.78, 5) is 2.21. The average Bonchev–Trinajstić information content (AvgIpc) is 2.19. The van der Waals surface area contributed by atoms with E-state index in [0.717, 1.165) is 45.1 Å². The third-order valence-corrected chi connectivity index (χ3v) is 2.69. The lowest BCUT2D eigenvalue weighted by molar-refractivity contribution is 0.0543. The third kappa shape index (κ3) is 4.37. The number of rotatable bonds is 5. The van der Waals surface area contributed by atoms with Gasteiger partial charge in [0.1, 0.15) is 0 Å². The molecule has 0 aromatic heterocycles. The van der Waals surface area contributed by atoms with Crippen LogP contribution in [0.4, 0.5) is 0 Å². The van der Waals surface area contributed by atoms with Crippen molar-refractivity contribution in [1.29, 1.82) is 0 Å². The van der Waals surface area contributed by atoms with E-state index in [9.17, 15) is 0 Å². The van der Waals surface area contributed by atoms with Crippen molar-refractivity contribution in [3.8, 4) is 0 Å². The van der Waals surface area contributed by atoms with Crippen LogP contribution in [0.2, 0.25) is 0 Å². The number of aliphatic hydroxyl groups excluding tert-OH is 1. The summed E-state index contributed by atoms with van der Waals surface area (Å²) in [6, 6.07) is -0.111. The van der Waals surface area contributed by atoms with Crippen molar-refractivity contribution < 1.29 is 9.84 Å². The van der Waals surface area contributed by atoms with Crippen molar-refractivity contribution in [2.45, 2.75) is 18.9 Å². The highest BCUT2D eigenvalue weighted by Crippen LogP contribution is 2.15. The fourth-order valence-electron chi connectivity index (χ4n) is 1.90. The Kier molecular flexibility index (Phi) is 5.40. The predicted molar refractivity (Wildman–Crippen MR) is 56.1 cm³/mol. The van der Waals surface area contributed by atoms with E-state index < -0.39 is 0 Å². The normalized spacial score (nSPS) is 21.4. The van der Waals surface area contributed by atoms with Gasteiger partial charge >= 0.3 is 0 Å². The lowest BCUT2D eigenvalue weighted by Crippen LogP contribution is -2.40. The molecule has 1 aliphatic heterocycles. The zero-order valence-corrected chi connectivity index (χ0v) is 8.98. The highest BCUT2D eigenvalue weighted by Gasteiger charge is 2.16. The third-order valence-electron chi connectivity index (χ3n) is 2.69. The van der Waals surface area contributed by atoms with Gasteiger partial charge in [0.25, 0.3) is 0 Å². The van der Waals surface area contributed by atoms with Gasteiger partial charge in [-0.25, -0.2) is 0 Å². The number of hydrogen-bond donors (Lipinski definition) is 2. The van der Waals surface area contributed by atoms with Gasteiger partial charge in [0.2, 0.25) is 0 Å². The Morgan fingerprint density at radius 2 is 2.14 bits per heavy atom. The van der Waals surface area contributed by atoms with Gasteiger partial charge in [-0.2, -0.15) is 0 Å². The number of hydrogen-bond acceptors (Lipinski definition) is 4. The summed E-state index contributed by atoms with van der Waals surface area (Å²) >= 11 is 0. The number of nitrogens with zero attached hydrogens (tertiary/aromatic N) is 1. The molecule has 84 valence electrons. The van der Waals surface area contributed by atoms with Gasteiger partial charge in [0, 0.05) is 32.3 Å². The Bertz CT molecular complexity index is 149. The molecule has 1 aliphatic rings. The van der Waals surface area contributed by atoms with Gasteiger partial charge in [-0.05, 0) is 25.8 Å². The molecule has 0 bridgehead atoms. The Morgan fingerprint density at radius 3 is 2.71 bits per heavy atom. The molecule has 4 heteroatoms. The molecule has 1 unspecified atom stereocenters. The molecule has 1 atom stereocenters. The van der Waals surface area contributed by atoms with Crippen molar-refractivity contribution in [3.05, 3.63) is 0 Å². The second-order valence-electron chi connectivity index (χ2n) is 4.22. The van der Waals surface area contributed by atoms with Crippen molar-refractivity contribution >= 4 is 0 Å². The summed E-state index contributed by atoms with van der Waals surface area (Å²) in [5.74, 6) is 0.736. The number of nitrogens with two attached hydrogens (primary N) is 1. The minimum atomic E-state index is -0.111. The molecule has 4 nitrogen and oxygen atoms in total. The molecule has 1 fully saturated rings. The first-order valence-electron chi connectivity index (χ1n) is 5.35. The molecule has 0 radical (unpaired) electrons. The molecule has 1 heterocycles. The van der Waals surface area contributed by atoms with Crippen LogP contribution >= 0.6 is 0 Å². The minimum Gasteiger partial charge on any atom is -0.395 e. The van der Waals surface area contributed by atoms with E-state index in [4.69, 9.17) is 15.6 Å². The topological polar surface area (TPSA) is 58.7 Å². The summed E-state index contributed by atoms with van der Waals surface area (Å²) < 4.78 is 5.30. The highest BCUT2D eigenvalue weighted by molar-refractivity contribution is 4.70. The van der Waals surface area contributed by atoms with Gasteiger partial charge in [-0.15, -0.1) is 0 Å². The van der Waals surface area contributed by atoms with Crippen molar-refractivity contribution in [1.82, 2.24) is 4.90 Å². The summed E-state index contributed by atoms with van der Waals surface area (Å²) in [6.07, 6.45) is 2.30. The molecule has 1 saturated heterocycles. The Balaban J connectivity index is 2.14.